The molecule has 0 aliphatic carbocycles. The van der Waals surface area contributed by atoms with Crippen molar-refractivity contribution in [3.05, 3.63) is 0 Å². The molecule has 2 saturated heterocycles. The molecule has 5 heteroatoms. The van der Waals surface area contributed by atoms with Crippen LogP contribution in [0.2, 0.25) is 0 Å². The van der Waals surface area contributed by atoms with Gasteiger partial charge in [-0.25, -0.2) is 0 Å². The zero-order valence-corrected chi connectivity index (χ0v) is 12.8. The quantitative estimate of drug-likeness (QED) is 0.817. The fourth-order valence-corrected chi connectivity index (χ4v) is 3.43. The molecular formula is C16H27NO4. The number of carbonyl (C=O) groups excluding carboxylic acids is 1. The summed E-state index contributed by atoms with van der Waals surface area (Å²) in [6.45, 7) is 2.45. The lowest BCUT2D eigenvalue weighted by Gasteiger charge is -2.36. The first-order valence-electron chi connectivity index (χ1n) is 8.26. The van der Waals surface area contributed by atoms with Crippen molar-refractivity contribution in [2.45, 2.75) is 63.8 Å². The lowest BCUT2D eigenvalue weighted by molar-refractivity contribution is -0.140. The number of carboxylic acid groups (broad SMARTS) is 1. The Morgan fingerprint density at radius 2 is 1.81 bits per heavy atom. The summed E-state index contributed by atoms with van der Waals surface area (Å²) in [5.74, 6) is 0.0664. The summed E-state index contributed by atoms with van der Waals surface area (Å²) in [7, 11) is 0. The second kappa shape index (κ2) is 8.37. The van der Waals surface area contributed by atoms with Gasteiger partial charge in [-0.1, -0.05) is 0 Å². The van der Waals surface area contributed by atoms with Crippen LogP contribution in [-0.4, -0.2) is 47.7 Å². The summed E-state index contributed by atoms with van der Waals surface area (Å²) in [5, 5.41) is 8.83. The number of hydrogen-bond donors (Lipinski definition) is 1. The highest BCUT2D eigenvalue weighted by molar-refractivity contribution is 5.76. The van der Waals surface area contributed by atoms with Crippen LogP contribution in [0.25, 0.3) is 0 Å². The van der Waals surface area contributed by atoms with Gasteiger partial charge in [-0.2, -0.15) is 0 Å². The number of carbonyl (C=O) groups is 2. The van der Waals surface area contributed by atoms with E-state index in [9.17, 15) is 9.59 Å². The molecule has 2 aliphatic heterocycles. The van der Waals surface area contributed by atoms with E-state index in [1.54, 1.807) is 0 Å². The van der Waals surface area contributed by atoms with Crippen LogP contribution in [0.15, 0.2) is 0 Å². The van der Waals surface area contributed by atoms with Crippen LogP contribution in [0.3, 0.4) is 0 Å². The first kappa shape index (κ1) is 16.3. The Bertz CT molecular complexity index is 352. The normalized spacial score (nSPS) is 24.0. The molecule has 0 unspecified atom stereocenters. The summed E-state index contributed by atoms with van der Waals surface area (Å²) in [6, 6.07) is 0.136. The highest BCUT2D eigenvalue weighted by atomic mass is 16.5. The Morgan fingerprint density at radius 3 is 2.52 bits per heavy atom. The molecule has 0 aromatic carbocycles. The molecule has 0 bridgehead atoms. The van der Waals surface area contributed by atoms with Gasteiger partial charge >= 0.3 is 5.97 Å². The molecule has 120 valence electrons. The SMILES string of the molecule is O=C(O)CC[C@H]1CCCCN1C(=O)CCC1CCOCC1. The van der Waals surface area contributed by atoms with E-state index in [0.717, 1.165) is 58.3 Å². The van der Waals surface area contributed by atoms with Gasteiger partial charge in [-0.3, -0.25) is 9.59 Å². The third-order valence-electron chi connectivity index (χ3n) is 4.75. The summed E-state index contributed by atoms with van der Waals surface area (Å²) in [6.07, 6.45) is 7.55. The van der Waals surface area contributed by atoms with Crippen molar-refractivity contribution in [2.24, 2.45) is 5.92 Å². The van der Waals surface area contributed by atoms with E-state index in [1.165, 1.54) is 0 Å². The number of likely N-dealkylation sites (tertiary alicyclic amines) is 1. The number of rotatable bonds is 6. The van der Waals surface area contributed by atoms with E-state index in [0.29, 0.717) is 18.8 Å². The number of amides is 1. The van der Waals surface area contributed by atoms with E-state index in [2.05, 4.69) is 0 Å². The second-order valence-corrected chi connectivity index (χ2v) is 6.26. The molecule has 2 fully saturated rings. The van der Waals surface area contributed by atoms with Crippen molar-refractivity contribution in [2.75, 3.05) is 19.8 Å². The number of ether oxygens (including phenoxy) is 1. The lowest BCUT2D eigenvalue weighted by atomic mass is 9.93. The molecule has 1 amide bonds. The monoisotopic (exact) mass is 297 g/mol. The van der Waals surface area contributed by atoms with E-state index >= 15 is 0 Å². The molecule has 0 saturated carbocycles. The van der Waals surface area contributed by atoms with Gasteiger partial charge in [-0.05, 0) is 50.9 Å². The molecule has 2 heterocycles. The fourth-order valence-electron chi connectivity index (χ4n) is 3.43. The van der Waals surface area contributed by atoms with Crippen molar-refractivity contribution < 1.29 is 19.4 Å². The molecule has 2 rings (SSSR count). The van der Waals surface area contributed by atoms with E-state index in [4.69, 9.17) is 9.84 Å². The maximum absolute atomic E-state index is 12.4. The first-order valence-corrected chi connectivity index (χ1v) is 8.26. The van der Waals surface area contributed by atoms with Crippen molar-refractivity contribution in [3.63, 3.8) is 0 Å². The van der Waals surface area contributed by atoms with Gasteiger partial charge in [-0.15, -0.1) is 0 Å². The van der Waals surface area contributed by atoms with Crippen LogP contribution < -0.4 is 0 Å². The average molecular weight is 297 g/mol. The molecule has 0 aromatic rings. The van der Waals surface area contributed by atoms with E-state index < -0.39 is 5.97 Å². The first-order chi connectivity index (χ1) is 10.2. The van der Waals surface area contributed by atoms with Crippen molar-refractivity contribution in [3.8, 4) is 0 Å². The van der Waals surface area contributed by atoms with Gasteiger partial charge in [0.2, 0.25) is 5.91 Å². The average Bonchev–Trinajstić information content (AvgIpc) is 2.52. The number of aliphatic carboxylic acids is 1. The van der Waals surface area contributed by atoms with Gasteiger partial charge in [0, 0.05) is 38.6 Å². The Kier molecular flexibility index (Phi) is 6.49. The Labute approximate surface area is 126 Å². The summed E-state index contributed by atoms with van der Waals surface area (Å²) < 4.78 is 5.34. The molecule has 1 atom stereocenters. The third kappa shape index (κ3) is 5.30. The standard InChI is InChI=1S/C16H27NO4/c18-15(6-4-13-8-11-21-12-9-13)17-10-2-1-3-14(17)5-7-16(19)20/h13-14H,1-12H2,(H,19,20)/t14-/m1/s1. The van der Waals surface area contributed by atoms with Gasteiger partial charge in [0.1, 0.15) is 0 Å². The Morgan fingerprint density at radius 1 is 1.05 bits per heavy atom. The number of hydrogen-bond acceptors (Lipinski definition) is 3. The number of nitrogens with zero attached hydrogens (tertiary/aromatic N) is 1. The highest BCUT2D eigenvalue weighted by Crippen LogP contribution is 2.24. The minimum atomic E-state index is -0.768. The minimum Gasteiger partial charge on any atom is -0.481 e. The molecule has 5 nitrogen and oxygen atoms in total. The van der Waals surface area contributed by atoms with Crippen LogP contribution in [-0.2, 0) is 14.3 Å². The Hall–Kier alpha value is -1.10. The van der Waals surface area contributed by atoms with Gasteiger partial charge in [0.15, 0.2) is 0 Å². The van der Waals surface area contributed by atoms with E-state index in [-0.39, 0.29) is 18.4 Å². The number of carboxylic acids is 1. The smallest absolute Gasteiger partial charge is 0.303 e. The van der Waals surface area contributed by atoms with Crippen molar-refractivity contribution >= 4 is 11.9 Å². The molecule has 0 aromatic heterocycles. The van der Waals surface area contributed by atoms with Gasteiger partial charge in [0.25, 0.3) is 0 Å². The van der Waals surface area contributed by atoms with Crippen molar-refractivity contribution in [1.82, 2.24) is 4.90 Å². The molecular weight excluding hydrogens is 270 g/mol. The van der Waals surface area contributed by atoms with Gasteiger partial charge in [0.05, 0.1) is 0 Å². The molecule has 0 spiro atoms. The second-order valence-electron chi connectivity index (χ2n) is 6.26. The molecule has 1 N–H and O–H groups in total. The zero-order chi connectivity index (χ0) is 15.1. The number of piperidine rings is 1. The summed E-state index contributed by atoms with van der Waals surface area (Å²) in [4.78, 5) is 25.1. The minimum absolute atomic E-state index is 0.136. The van der Waals surface area contributed by atoms with Crippen LogP contribution >= 0.6 is 0 Å². The van der Waals surface area contributed by atoms with Crippen LogP contribution in [0, 0.1) is 5.92 Å². The topological polar surface area (TPSA) is 66.8 Å². The van der Waals surface area contributed by atoms with E-state index in [1.807, 2.05) is 4.90 Å². The zero-order valence-electron chi connectivity index (χ0n) is 12.8. The molecule has 0 radical (unpaired) electrons. The van der Waals surface area contributed by atoms with Crippen LogP contribution in [0.4, 0.5) is 0 Å². The predicted octanol–water partition coefficient (Wildman–Crippen LogP) is 2.44. The summed E-state index contributed by atoms with van der Waals surface area (Å²) in [5.41, 5.74) is 0. The largest absolute Gasteiger partial charge is 0.481 e. The van der Waals surface area contributed by atoms with Gasteiger partial charge < -0.3 is 14.7 Å². The fraction of sp³-hybridized carbons (Fsp3) is 0.875. The predicted molar refractivity (Wildman–Crippen MR) is 79.0 cm³/mol. The lowest BCUT2D eigenvalue weighted by Crippen LogP contribution is -2.44. The maximum atomic E-state index is 12.4. The molecule has 2 aliphatic rings. The van der Waals surface area contributed by atoms with Crippen LogP contribution in [0.5, 0.6) is 0 Å². The highest BCUT2D eigenvalue weighted by Gasteiger charge is 2.27. The van der Waals surface area contributed by atoms with Crippen molar-refractivity contribution in [1.29, 1.82) is 0 Å². The summed E-state index contributed by atoms with van der Waals surface area (Å²) >= 11 is 0. The Balaban J connectivity index is 1.78. The van der Waals surface area contributed by atoms with Crippen LogP contribution in [0.1, 0.15) is 57.8 Å². The maximum Gasteiger partial charge on any atom is 0.303 e. The molecule has 21 heavy (non-hydrogen) atoms. The third-order valence-corrected chi connectivity index (χ3v) is 4.75.